The number of nitrogens with one attached hydrogen (secondary N) is 2. The number of ether oxygens (including phenoxy) is 1. The Morgan fingerprint density at radius 2 is 1.77 bits per heavy atom. The molecule has 3 heterocycles. The van der Waals surface area contributed by atoms with Crippen LogP contribution < -0.4 is 10.6 Å². The van der Waals surface area contributed by atoms with Gasteiger partial charge in [0.1, 0.15) is 11.6 Å². The van der Waals surface area contributed by atoms with Crippen LogP contribution >= 0.6 is 0 Å². The lowest BCUT2D eigenvalue weighted by Crippen LogP contribution is -2.57. The molecule has 164 valence electrons. The highest BCUT2D eigenvalue weighted by molar-refractivity contribution is 6.00. The summed E-state index contributed by atoms with van der Waals surface area (Å²) in [4.78, 5) is 41.8. The number of amides is 3. The highest BCUT2D eigenvalue weighted by atomic mass is 16.5. The van der Waals surface area contributed by atoms with Crippen LogP contribution in [-0.2, 0) is 19.1 Å². The van der Waals surface area contributed by atoms with Crippen LogP contribution in [0.1, 0.15) is 58.8 Å². The second kappa shape index (κ2) is 7.36. The van der Waals surface area contributed by atoms with Gasteiger partial charge in [-0.25, -0.2) is 0 Å². The standard InChI is InChI=1S/C23H33N3O4/c1-13(2)12-26-19(21(28)25-14-6-4-3-5-7-14)23-11-10-16(30-23)17(18(23)22(26)29)20(27)24-15-8-9-15/h10-11,13-19H,3-9,12H2,1-2H3,(H,24,27)(H,25,28)/t16-,17-,18+,19-,23-/m0/s1. The Bertz CT molecular complexity index is 770. The van der Waals surface area contributed by atoms with Gasteiger partial charge in [0.25, 0.3) is 0 Å². The molecule has 5 aliphatic rings. The number of rotatable bonds is 6. The average molecular weight is 416 g/mol. The van der Waals surface area contributed by atoms with Crippen molar-refractivity contribution in [3.05, 3.63) is 12.2 Å². The van der Waals surface area contributed by atoms with E-state index in [9.17, 15) is 14.4 Å². The smallest absolute Gasteiger partial charge is 0.246 e. The van der Waals surface area contributed by atoms with Gasteiger partial charge in [-0.2, -0.15) is 0 Å². The fourth-order valence-corrected chi connectivity index (χ4v) is 5.91. The molecule has 0 aromatic rings. The second-order valence-electron chi connectivity index (χ2n) is 10.2. The quantitative estimate of drug-likeness (QED) is 0.644. The van der Waals surface area contributed by atoms with Gasteiger partial charge in [-0.1, -0.05) is 45.3 Å². The van der Waals surface area contributed by atoms with Gasteiger partial charge in [-0.3, -0.25) is 14.4 Å². The molecule has 1 spiro atoms. The maximum atomic E-state index is 13.6. The van der Waals surface area contributed by atoms with Gasteiger partial charge in [0.2, 0.25) is 17.7 Å². The van der Waals surface area contributed by atoms with Crippen molar-refractivity contribution in [2.75, 3.05) is 6.54 Å². The maximum Gasteiger partial charge on any atom is 0.246 e. The van der Waals surface area contributed by atoms with E-state index >= 15 is 0 Å². The predicted octanol–water partition coefficient (Wildman–Crippen LogP) is 1.52. The third-order valence-corrected chi connectivity index (χ3v) is 7.36. The van der Waals surface area contributed by atoms with E-state index < -0.39 is 29.6 Å². The van der Waals surface area contributed by atoms with Crippen LogP contribution in [0.15, 0.2) is 12.2 Å². The van der Waals surface area contributed by atoms with Crippen molar-refractivity contribution in [1.29, 1.82) is 0 Å². The number of nitrogens with zero attached hydrogens (tertiary/aromatic N) is 1. The fraction of sp³-hybridized carbons (Fsp3) is 0.783. The normalized spacial score (nSPS) is 37.7. The van der Waals surface area contributed by atoms with Gasteiger partial charge in [0.15, 0.2) is 0 Å². The van der Waals surface area contributed by atoms with Crippen molar-refractivity contribution in [2.45, 2.75) is 88.6 Å². The Morgan fingerprint density at radius 1 is 1.10 bits per heavy atom. The third kappa shape index (κ3) is 3.17. The molecule has 7 heteroatoms. The third-order valence-electron chi connectivity index (χ3n) is 7.36. The first kappa shape index (κ1) is 20.0. The summed E-state index contributed by atoms with van der Waals surface area (Å²) < 4.78 is 6.33. The van der Waals surface area contributed by atoms with Crippen molar-refractivity contribution in [3.8, 4) is 0 Å². The van der Waals surface area contributed by atoms with Crippen molar-refractivity contribution in [1.82, 2.24) is 15.5 Å². The molecule has 5 atom stereocenters. The van der Waals surface area contributed by atoms with E-state index in [0.29, 0.717) is 6.54 Å². The molecule has 2 saturated carbocycles. The van der Waals surface area contributed by atoms with Gasteiger partial charge in [0, 0.05) is 18.6 Å². The number of likely N-dealkylation sites (tertiary alicyclic amines) is 1. The molecule has 2 aliphatic carbocycles. The number of carbonyl (C=O) groups is 3. The molecule has 0 aromatic heterocycles. The number of fused-ring (bicyclic) bond motifs is 1. The van der Waals surface area contributed by atoms with Crippen LogP contribution in [0.5, 0.6) is 0 Å². The minimum absolute atomic E-state index is 0.107. The minimum Gasteiger partial charge on any atom is -0.359 e. The number of hydrogen-bond acceptors (Lipinski definition) is 4. The number of carbonyl (C=O) groups excluding carboxylic acids is 3. The summed E-state index contributed by atoms with van der Waals surface area (Å²) in [6.45, 7) is 4.57. The first-order valence-electron chi connectivity index (χ1n) is 11.7. The summed E-state index contributed by atoms with van der Waals surface area (Å²) in [6, 6.07) is -0.321. The van der Waals surface area contributed by atoms with Gasteiger partial charge in [0.05, 0.1) is 17.9 Å². The predicted molar refractivity (Wildman–Crippen MR) is 110 cm³/mol. The second-order valence-corrected chi connectivity index (χ2v) is 10.2. The first-order chi connectivity index (χ1) is 14.4. The lowest BCUT2D eigenvalue weighted by atomic mass is 9.74. The lowest BCUT2D eigenvalue weighted by molar-refractivity contribution is -0.142. The summed E-state index contributed by atoms with van der Waals surface area (Å²) in [6.07, 6.45) is 10.8. The summed E-state index contributed by atoms with van der Waals surface area (Å²) in [7, 11) is 0. The molecule has 30 heavy (non-hydrogen) atoms. The zero-order valence-electron chi connectivity index (χ0n) is 17.9. The highest BCUT2D eigenvalue weighted by Crippen LogP contribution is 2.55. The van der Waals surface area contributed by atoms with Crippen LogP contribution in [-0.4, -0.2) is 59.0 Å². The summed E-state index contributed by atoms with van der Waals surface area (Å²) in [5, 5.41) is 6.27. The minimum atomic E-state index is -1.03. The molecule has 2 N–H and O–H groups in total. The Kier molecular flexibility index (Phi) is 4.92. The van der Waals surface area contributed by atoms with Crippen molar-refractivity contribution >= 4 is 17.7 Å². The molecule has 3 aliphatic heterocycles. The maximum absolute atomic E-state index is 13.6. The molecular formula is C23H33N3O4. The Morgan fingerprint density at radius 3 is 2.43 bits per heavy atom. The molecule has 4 fully saturated rings. The molecule has 7 nitrogen and oxygen atoms in total. The molecule has 5 rings (SSSR count). The van der Waals surface area contributed by atoms with E-state index in [2.05, 4.69) is 10.6 Å². The van der Waals surface area contributed by atoms with E-state index in [1.807, 2.05) is 26.0 Å². The number of hydrogen-bond donors (Lipinski definition) is 2. The van der Waals surface area contributed by atoms with E-state index in [1.54, 1.807) is 4.90 Å². The largest absolute Gasteiger partial charge is 0.359 e. The highest BCUT2D eigenvalue weighted by Gasteiger charge is 2.72. The van der Waals surface area contributed by atoms with Gasteiger partial charge < -0.3 is 20.3 Å². The molecule has 3 amide bonds. The zero-order chi connectivity index (χ0) is 21.0. The Hall–Kier alpha value is -1.89. The molecule has 0 radical (unpaired) electrons. The van der Waals surface area contributed by atoms with E-state index in [0.717, 1.165) is 38.5 Å². The van der Waals surface area contributed by atoms with Crippen LogP contribution in [0.4, 0.5) is 0 Å². The van der Waals surface area contributed by atoms with Crippen LogP contribution in [0.25, 0.3) is 0 Å². The van der Waals surface area contributed by atoms with Crippen molar-refractivity contribution in [3.63, 3.8) is 0 Å². The Labute approximate surface area is 178 Å². The lowest BCUT2D eigenvalue weighted by Gasteiger charge is -2.34. The van der Waals surface area contributed by atoms with E-state index in [4.69, 9.17) is 4.74 Å². The molecule has 2 saturated heterocycles. The fourth-order valence-electron chi connectivity index (χ4n) is 5.91. The molecule has 0 aromatic carbocycles. The molecular weight excluding hydrogens is 382 g/mol. The topological polar surface area (TPSA) is 87.7 Å². The van der Waals surface area contributed by atoms with Crippen LogP contribution in [0, 0.1) is 17.8 Å². The Balaban J connectivity index is 1.44. The summed E-state index contributed by atoms with van der Waals surface area (Å²) >= 11 is 0. The first-order valence-corrected chi connectivity index (χ1v) is 11.7. The summed E-state index contributed by atoms with van der Waals surface area (Å²) in [5.41, 5.74) is -1.03. The molecule has 0 unspecified atom stereocenters. The van der Waals surface area contributed by atoms with Crippen molar-refractivity contribution in [2.24, 2.45) is 17.8 Å². The van der Waals surface area contributed by atoms with Gasteiger partial charge >= 0.3 is 0 Å². The average Bonchev–Trinajstić information content (AvgIpc) is 3.25. The van der Waals surface area contributed by atoms with E-state index in [1.165, 1.54) is 6.42 Å². The van der Waals surface area contributed by atoms with Gasteiger partial charge in [-0.15, -0.1) is 0 Å². The SMILES string of the molecule is CC(C)CN1C(=O)[C@H]2[C@@H](C(=O)NC3CC3)[C@@H]3C=C[C@@]2(O3)[C@@H]1C(=O)NC1CCCCC1. The monoisotopic (exact) mass is 415 g/mol. The zero-order valence-corrected chi connectivity index (χ0v) is 17.9. The van der Waals surface area contributed by atoms with Gasteiger partial charge in [-0.05, 0) is 31.6 Å². The molecule has 2 bridgehead atoms. The van der Waals surface area contributed by atoms with Crippen LogP contribution in [0.2, 0.25) is 0 Å². The van der Waals surface area contributed by atoms with Crippen LogP contribution in [0.3, 0.4) is 0 Å². The van der Waals surface area contributed by atoms with E-state index in [-0.39, 0.29) is 35.7 Å². The van der Waals surface area contributed by atoms with Crippen molar-refractivity contribution < 1.29 is 19.1 Å². The summed E-state index contributed by atoms with van der Waals surface area (Å²) in [5.74, 6) is -1.31.